The van der Waals surface area contributed by atoms with E-state index in [1.807, 2.05) is 49.4 Å². The molecule has 0 bridgehead atoms. The summed E-state index contributed by atoms with van der Waals surface area (Å²) in [5.41, 5.74) is 3.26. The lowest BCUT2D eigenvalue weighted by atomic mass is 10.1. The summed E-state index contributed by atoms with van der Waals surface area (Å²) >= 11 is 1.44. The van der Waals surface area contributed by atoms with Crippen molar-refractivity contribution >= 4 is 38.4 Å². The highest BCUT2D eigenvalue weighted by molar-refractivity contribution is 7.20. The number of carbonyl (C=O) groups excluding carboxylic acids is 1. The van der Waals surface area contributed by atoms with Crippen molar-refractivity contribution in [3.8, 4) is 0 Å². The van der Waals surface area contributed by atoms with E-state index in [9.17, 15) is 4.79 Å². The van der Waals surface area contributed by atoms with Crippen LogP contribution in [0.4, 0.5) is 0 Å². The Balaban J connectivity index is 1.64. The molecule has 2 aromatic heterocycles. The van der Waals surface area contributed by atoms with Crippen LogP contribution >= 0.6 is 11.3 Å². The van der Waals surface area contributed by atoms with E-state index in [2.05, 4.69) is 30.4 Å². The Bertz CT molecular complexity index is 1070. The Labute approximate surface area is 150 Å². The summed E-state index contributed by atoms with van der Waals surface area (Å²) in [6, 6.07) is 20.2. The molecule has 1 N–H and O–H groups in total. The van der Waals surface area contributed by atoms with Crippen LogP contribution in [0.3, 0.4) is 0 Å². The maximum atomic E-state index is 12.6. The summed E-state index contributed by atoms with van der Waals surface area (Å²) < 4.78 is 0. The van der Waals surface area contributed by atoms with Crippen LogP contribution in [0.5, 0.6) is 0 Å². The van der Waals surface area contributed by atoms with Crippen molar-refractivity contribution in [3.05, 3.63) is 76.7 Å². The number of hydrogen-bond donors (Lipinski definition) is 1. The predicted molar refractivity (Wildman–Crippen MR) is 104 cm³/mol. The van der Waals surface area contributed by atoms with E-state index in [1.165, 1.54) is 16.9 Å². The minimum absolute atomic E-state index is 0.0337. The first kappa shape index (κ1) is 15.8. The highest BCUT2D eigenvalue weighted by Crippen LogP contribution is 2.28. The van der Waals surface area contributed by atoms with Gasteiger partial charge >= 0.3 is 0 Å². The average molecular weight is 346 g/mol. The van der Waals surface area contributed by atoms with Crippen LogP contribution in [0.25, 0.3) is 21.1 Å². The molecule has 0 spiro atoms. The van der Waals surface area contributed by atoms with Gasteiger partial charge in [0.05, 0.1) is 16.4 Å². The third kappa shape index (κ3) is 3.13. The van der Waals surface area contributed by atoms with E-state index in [1.54, 1.807) is 0 Å². The number of hydrogen-bond acceptors (Lipinski definition) is 3. The summed E-state index contributed by atoms with van der Waals surface area (Å²) in [5.74, 6) is -0.0559. The van der Waals surface area contributed by atoms with Gasteiger partial charge in [-0.3, -0.25) is 4.79 Å². The first-order chi connectivity index (χ1) is 12.1. The van der Waals surface area contributed by atoms with Crippen molar-refractivity contribution in [2.75, 3.05) is 0 Å². The highest BCUT2D eigenvalue weighted by atomic mass is 32.1. The number of thiophene rings is 1. The fraction of sp³-hybridized carbons (Fsp3) is 0.143. The van der Waals surface area contributed by atoms with E-state index in [0.29, 0.717) is 4.88 Å². The van der Waals surface area contributed by atoms with E-state index in [-0.39, 0.29) is 11.9 Å². The first-order valence-electron chi connectivity index (χ1n) is 8.27. The average Bonchev–Trinajstić information content (AvgIpc) is 3.03. The Morgan fingerprint density at radius 2 is 1.84 bits per heavy atom. The molecular formula is C21H18N2OS. The van der Waals surface area contributed by atoms with Gasteiger partial charge in [0.1, 0.15) is 4.83 Å². The molecule has 4 heteroatoms. The van der Waals surface area contributed by atoms with Gasteiger partial charge in [0.15, 0.2) is 0 Å². The molecule has 0 aliphatic heterocycles. The highest BCUT2D eigenvalue weighted by Gasteiger charge is 2.15. The van der Waals surface area contributed by atoms with Crippen molar-refractivity contribution in [2.24, 2.45) is 0 Å². The van der Waals surface area contributed by atoms with Gasteiger partial charge in [-0.2, -0.15) is 0 Å². The number of aromatic nitrogens is 1. The Morgan fingerprint density at radius 3 is 2.64 bits per heavy atom. The second-order valence-electron chi connectivity index (χ2n) is 6.30. The fourth-order valence-electron chi connectivity index (χ4n) is 2.96. The van der Waals surface area contributed by atoms with Crippen LogP contribution in [0, 0.1) is 6.92 Å². The van der Waals surface area contributed by atoms with Crippen LogP contribution in [0.1, 0.15) is 33.8 Å². The molecular weight excluding hydrogens is 328 g/mol. The van der Waals surface area contributed by atoms with E-state index in [0.717, 1.165) is 26.7 Å². The molecule has 1 atom stereocenters. The second-order valence-corrected chi connectivity index (χ2v) is 7.33. The molecule has 3 nitrogen and oxygen atoms in total. The monoisotopic (exact) mass is 346 g/mol. The third-order valence-corrected chi connectivity index (χ3v) is 5.37. The van der Waals surface area contributed by atoms with Gasteiger partial charge in [0, 0.05) is 10.8 Å². The summed E-state index contributed by atoms with van der Waals surface area (Å²) in [6.45, 7) is 4.07. The largest absolute Gasteiger partial charge is 0.345 e. The number of rotatable bonds is 3. The lowest BCUT2D eigenvalue weighted by Gasteiger charge is -2.13. The maximum absolute atomic E-state index is 12.6. The molecule has 0 unspecified atom stereocenters. The lowest BCUT2D eigenvalue weighted by molar-refractivity contribution is 0.0944. The van der Waals surface area contributed by atoms with Gasteiger partial charge in [-0.1, -0.05) is 42.0 Å². The van der Waals surface area contributed by atoms with Crippen LogP contribution in [-0.4, -0.2) is 10.9 Å². The summed E-state index contributed by atoms with van der Waals surface area (Å²) in [4.78, 5) is 18.9. The molecule has 1 amide bonds. The van der Waals surface area contributed by atoms with E-state index in [4.69, 9.17) is 4.98 Å². The summed E-state index contributed by atoms with van der Waals surface area (Å²) in [6.07, 6.45) is 0. The fourth-order valence-corrected chi connectivity index (χ4v) is 3.88. The van der Waals surface area contributed by atoms with E-state index >= 15 is 0 Å². The number of benzene rings is 2. The van der Waals surface area contributed by atoms with E-state index < -0.39 is 0 Å². The van der Waals surface area contributed by atoms with Crippen molar-refractivity contribution in [2.45, 2.75) is 19.9 Å². The van der Waals surface area contributed by atoms with Crippen molar-refractivity contribution in [1.29, 1.82) is 0 Å². The smallest absolute Gasteiger partial charge is 0.261 e. The molecule has 0 radical (unpaired) electrons. The molecule has 0 fully saturated rings. The number of nitrogens with one attached hydrogen (secondary N) is 1. The van der Waals surface area contributed by atoms with Gasteiger partial charge in [0.2, 0.25) is 0 Å². The minimum Gasteiger partial charge on any atom is -0.345 e. The molecule has 0 aliphatic carbocycles. The number of amides is 1. The molecule has 0 saturated carbocycles. The van der Waals surface area contributed by atoms with Crippen molar-refractivity contribution in [3.63, 3.8) is 0 Å². The number of fused-ring (bicyclic) bond motifs is 2. The lowest BCUT2D eigenvalue weighted by Crippen LogP contribution is -2.25. The Hall–Kier alpha value is -2.72. The topological polar surface area (TPSA) is 42.0 Å². The quantitative estimate of drug-likeness (QED) is 0.550. The summed E-state index contributed by atoms with van der Waals surface area (Å²) in [7, 11) is 0. The van der Waals surface area contributed by atoms with Gasteiger partial charge in [-0.25, -0.2) is 4.98 Å². The van der Waals surface area contributed by atoms with Crippen LogP contribution in [0.15, 0.2) is 60.7 Å². The van der Waals surface area contributed by atoms with Crippen molar-refractivity contribution in [1.82, 2.24) is 10.3 Å². The number of aryl methyl sites for hydroxylation is 1. The SMILES string of the molecule is Cc1ccc2nc3sc(C(=O)N[C@@H](C)c4ccccc4)cc3cc2c1. The maximum Gasteiger partial charge on any atom is 0.261 e. The van der Waals surface area contributed by atoms with Crippen LogP contribution in [-0.2, 0) is 0 Å². The number of nitrogens with zero attached hydrogens (tertiary/aromatic N) is 1. The zero-order valence-corrected chi connectivity index (χ0v) is 14.9. The van der Waals surface area contributed by atoms with Crippen LogP contribution in [0.2, 0.25) is 0 Å². The van der Waals surface area contributed by atoms with Gasteiger partial charge < -0.3 is 5.32 Å². The Kier molecular flexibility index (Phi) is 3.98. The number of pyridine rings is 1. The molecule has 0 aliphatic rings. The normalized spacial score (nSPS) is 12.4. The van der Waals surface area contributed by atoms with Gasteiger partial charge in [0.25, 0.3) is 5.91 Å². The predicted octanol–water partition coefficient (Wildman–Crippen LogP) is 5.25. The first-order valence-corrected chi connectivity index (χ1v) is 9.08. The molecule has 4 rings (SSSR count). The zero-order chi connectivity index (χ0) is 17.4. The van der Waals surface area contributed by atoms with Crippen molar-refractivity contribution < 1.29 is 4.79 Å². The second kappa shape index (κ2) is 6.30. The zero-order valence-electron chi connectivity index (χ0n) is 14.1. The molecule has 25 heavy (non-hydrogen) atoms. The molecule has 2 aromatic carbocycles. The number of carbonyl (C=O) groups is 1. The molecule has 0 saturated heterocycles. The molecule has 2 heterocycles. The molecule has 4 aromatic rings. The summed E-state index contributed by atoms with van der Waals surface area (Å²) in [5, 5.41) is 5.19. The Morgan fingerprint density at radius 1 is 1.04 bits per heavy atom. The minimum atomic E-state index is -0.0559. The van der Waals surface area contributed by atoms with Gasteiger partial charge in [-0.05, 0) is 43.7 Å². The molecule has 124 valence electrons. The standard InChI is InChI=1S/C21H18N2OS/c1-13-8-9-18-16(10-13)11-17-12-19(25-21(17)23-18)20(24)22-14(2)15-6-4-3-5-7-15/h3-12,14H,1-2H3,(H,22,24)/t14-/m0/s1. The van der Waals surface area contributed by atoms with Crippen LogP contribution < -0.4 is 5.32 Å². The van der Waals surface area contributed by atoms with Gasteiger partial charge in [-0.15, -0.1) is 11.3 Å². The third-order valence-electron chi connectivity index (χ3n) is 4.33.